The Balaban J connectivity index is 1.70. The molecule has 5 rings (SSSR count). The molecule has 0 radical (unpaired) electrons. The van der Waals surface area contributed by atoms with Gasteiger partial charge in [-0.25, -0.2) is 13.4 Å². The molecule has 0 aliphatic carbocycles. The lowest BCUT2D eigenvalue weighted by Gasteiger charge is -2.31. The van der Waals surface area contributed by atoms with Crippen LogP contribution >= 0.6 is 0 Å². The maximum atomic E-state index is 13.5. The summed E-state index contributed by atoms with van der Waals surface area (Å²) in [6, 6.07) is 22.2. The van der Waals surface area contributed by atoms with E-state index in [1.54, 1.807) is 19.2 Å². The molecule has 3 aromatic carbocycles. The summed E-state index contributed by atoms with van der Waals surface area (Å²) in [5.74, 6) is 0.740. The highest BCUT2D eigenvalue weighted by molar-refractivity contribution is 7.92. The number of pyridine rings is 1. The summed E-state index contributed by atoms with van der Waals surface area (Å²) in [6.07, 6.45) is 0. The average Bonchev–Trinajstić information content (AvgIpc) is 2.77. The Morgan fingerprint density at radius 1 is 0.967 bits per heavy atom. The highest BCUT2D eigenvalue weighted by Gasteiger charge is 2.32. The fourth-order valence-corrected chi connectivity index (χ4v) is 5.32. The van der Waals surface area contributed by atoms with Crippen molar-refractivity contribution in [2.45, 2.75) is 18.4 Å². The van der Waals surface area contributed by atoms with Crippen molar-refractivity contribution in [2.75, 3.05) is 11.4 Å². The molecule has 0 N–H and O–H groups in total. The first-order valence-electron chi connectivity index (χ1n) is 9.64. The first kappa shape index (κ1) is 18.6. The van der Waals surface area contributed by atoms with Crippen LogP contribution in [-0.4, -0.2) is 20.5 Å². The number of anilines is 1. The molecule has 1 aliphatic heterocycles. The van der Waals surface area contributed by atoms with E-state index in [0.29, 0.717) is 5.69 Å². The molecule has 6 heteroatoms. The van der Waals surface area contributed by atoms with Gasteiger partial charge in [-0.1, -0.05) is 35.9 Å². The fourth-order valence-electron chi connectivity index (χ4n) is 3.86. The molecule has 30 heavy (non-hydrogen) atoms. The van der Waals surface area contributed by atoms with Gasteiger partial charge in [-0.05, 0) is 55.0 Å². The first-order chi connectivity index (χ1) is 14.5. The monoisotopic (exact) mass is 416 g/mol. The normalized spacial score (nSPS) is 13.1. The van der Waals surface area contributed by atoms with E-state index in [2.05, 4.69) is 0 Å². The number of para-hydroxylation sites is 1. The molecule has 5 nitrogen and oxygen atoms in total. The fraction of sp³-hybridized carbons (Fsp3) is 0.125. The molecule has 0 spiro atoms. The van der Waals surface area contributed by atoms with Crippen LogP contribution in [-0.2, 0) is 16.6 Å². The van der Waals surface area contributed by atoms with Crippen LogP contribution in [0.5, 0.6) is 5.75 Å². The Hall–Kier alpha value is -3.38. The molecule has 0 fully saturated rings. The number of sulfonamides is 1. The molecule has 150 valence electrons. The van der Waals surface area contributed by atoms with E-state index < -0.39 is 10.0 Å². The Labute approximate surface area is 175 Å². The van der Waals surface area contributed by atoms with Crippen molar-refractivity contribution in [3.63, 3.8) is 0 Å². The number of aryl methyl sites for hydroxylation is 1. The van der Waals surface area contributed by atoms with Gasteiger partial charge in [0.15, 0.2) is 0 Å². The average molecular weight is 417 g/mol. The Kier molecular flexibility index (Phi) is 4.25. The van der Waals surface area contributed by atoms with Crippen LogP contribution in [0, 0.1) is 6.92 Å². The molecule has 0 saturated carbocycles. The number of hydrogen-bond acceptors (Lipinski definition) is 4. The van der Waals surface area contributed by atoms with Crippen molar-refractivity contribution in [2.24, 2.45) is 0 Å². The SMILES string of the molecule is COc1ccc2nc3c(cc2c1)CN(S(=O)(=O)c1ccc(C)cc1)c1ccccc1-3. The van der Waals surface area contributed by atoms with E-state index in [1.165, 1.54) is 4.31 Å². The molecule has 0 unspecified atom stereocenters. The van der Waals surface area contributed by atoms with Crippen molar-refractivity contribution in [1.82, 2.24) is 4.98 Å². The maximum absolute atomic E-state index is 13.5. The van der Waals surface area contributed by atoms with Gasteiger partial charge < -0.3 is 4.74 Å². The summed E-state index contributed by atoms with van der Waals surface area (Å²) in [5.41, 5.74) is 5.00. The van der Waals surface area contributed by atoms with E-state index >= 15 is 0 Å². The van der Waals surface area contributed by atoms with E-state index in [0.717, 1.165) is 39.0 Å². The summed E-state index contributed by atoms with van der Waals surface area (Å²) in [4.78, 5) is 5.14. The largest absolute Gasteiger partial charge is 0.497 e. The number of rotatable bonds is 3. The summed E-state index contributed by atoms with van der Waals surface area (Å²) in [7, 11) is -2.10. The summed E-state index contributed by atoms with van der Waals surface area (Å²) in [5, 5.41) is 0.917. The van der Waals surface area contributed by atoms with Gasteiger partial charge in [0, 0.05) is 10.9 Å². The van der Waals surface area contributed by atoms with E-state index in [4.69, 9.17) is 9.72 Å². The third-order valence-corrected chi connectivity index (χ3v) is 7.23. The van der Waals surface area contributed by atoms with E-state index in [1.807, 2.05) is 67.6 Å². The third kappa shape index (κ3) is 2.92. The Bertz CT molecular complexity index is 1380. The quantitative estimate of drug-likeness (QED) is 0.475. The third-order valence-electron chi connectivity index (χ3n) is 5.45. The minimum Gasteiger partial charge on any atom is -0.497 e. The van der Waals surface area contributed by atoms with Crippen LogP contribution < -0.4 is 9.04 Å². The maximum Gasteiger partial charge on any atom is 0.264 e. The predicted molar refractivity (Wildman–Crippen MR) is 118 cm³/mol. The number of aromatic nitrogens is 1. The van der Waals surface area contributed by atoms with Gasteiger partial charge >= 0.3 is 0 Å². The minimum atomic E-state index is -3.72. The zero-order valence-corrected chi connectivity index (χ0v) is 17.5. The van der Waals surface area contributed by atoms with Crippen LogP contribution in [0.4, 0.5) is 5.69 Å². The minimum absolute atomic E-state index is 0.225. The van der Waals surface area contributed by atoms with Crippen molar-refractivity contribution >= 4 is 26.6 Å². The standard InChI is InChI=1S/C24H20N2O3S/c1-16-7-10-20(11-8-16)30(27,28)26-15-18-13-17-14-19(29-2)9-12-22(17)25-24(18)21-5-3-4-6-23(21)26/h3-14H,15H2,1-2H3. The number of nitrogens with zero attached hydrogens (tertiary/aromatic N) is 2. The van der Waals surface area contributed by atoms with Gasteiger partial charge in [-0.2, -0.15) is 0 Å². The molecule has 4 aromatic rings. The van der Waals surface area contributed by atoms with Crippen LogP contribution in [0.15, 0.2) is 77.7 Å². The van der Waals surface area contributed by atoms with Crippen LogP contribution in [0.3, 0.4) is 0 Å². The van der Waals surface area contributed by atoms with Gasteiger partial charge in [0.25, 0.3) is 10.0 Å². The molecule has 1 aromatic heterocycles. The van der Waals surface area contributed by atoms with Crippen LogP contribution in [0.2, 0.25) is 0 Å². The molecule has 0 atom stereocenters. The highest BCUT2D eigenvalue weighted by Crippen LogP contribution is 2.41. The predicted octanol–water partition coefficient (Wildman–Crippen LogP) is 4.93. The molecule has 2 heterocycles. The summed E-state index contributed by atoms with van der Waals surface area (Å²) in [6.45, 7) is 2.16. The van der Waals surface area contributed by atoms with Crippen molar-refractivity contribution < 1.29 is 13.2 Å². The lowest BCUT2D eigenvalue weighted by molar-refractivity contribution is 0.415. The second-order valence-electron chi connectivity index (χ2n) is 7.40. The zero-order valence-electron chi connectivity index (χ0n) is 16.7. The number of ether oxygens (including phenoxy) is 1. The zero-order chi connectivity index (χ0) is 20.9. The van der Waals surface area contributed by atoms with Gasteiger partial charge in [0.05, 0.1) is 35.4 Å². The second-order valence-corrected chi connectivity index (χ2v) is 9.26. The molecular weight excluding hydrogens is 396 g/mol. The first-order valence-corrected chi connectivity index (χ1v) is 11.1. The van der Waals surface area contributed by atoms with Crippen molar-refractivity contribution in [3.8, 4) is 17.0 Å². The lowest BCUT2D eigenvalue weighted by atomic mass is 9.98. The molecule has 1 aliphatic rings. The Morgan fingerprint density at radius 3 is 2.50 bits per heavy atom. The number of fused-ring (bicyclic) bond motifs is 4. The van der Waals surface area contributed by atoms with Crippen LogP contribution in [0.25, 0.3) is 22.2 Å². The van der Waals surface area contributed by atoms with E-state index in [-0.39, 0.29) is 11.4 Å². The van der Waals surface area contributed by atoms with Gasteiger partial charge in [0.1, 0.15) is 5.75 Å². The molecule has 0 bridgehead atoms. The Morgan fingerprint density at radius 2 is 1.73 bits per heavy atom. The van der Waals surface area contributed by atoms with Gasteiger partial charge in [-0.3, -0.25) is 4.31 Å². The highest BCUT2D eigenvalue weighted by atomic mass is 32.2. The second kappa shape index (κ2) is 6.85. The lowest BCUT2D eigenvalue weighted by Crippen LogP contribution is -2.33. The summed E-state index contributed by atoms with van der Waals surface area (Å²) < 4.78 is 33.8. The topological polar surface area (TPSA) is 59.5 Å². The van der Waals surface area contributed by atoms with Crippen molar-refractivity contribution in [1.29, 1.82) is 0 Å². The number of methoxy groups -OCH3 is 1. The van der Waals surface area contributed by atoms with E-state index in [9.17, 15) is 8.42 Å². The number of benzene rings is 3. The molecule has 0 saturated heterocycles. The molecule has 0 amide bonds. The molecular formula is C24H20N2O3S. The smallest absolute Gasteiger partial charge is 0.264 e. The van der Waals surface area contributed by atoms with Crippen LogP contribution in [0.1, 0.15) is 11.1 Å². The van der Waals surface area contributed by atoms with Crippen molar-refractivity contribution in [3.05, 3.63) is 83.9 Å². The van der Waals surface area contributed by atoms with Gasteiger partial charge in [0.2, 0.25) is 0 Å². The number of hydrogen-bond donors (Lipinski definition) is 0. The summed E-state index contributed by atoms with van der Waals surface area (Å²) >= 11 is 0. The van der Waals surface area contributed by atoms with Gasteiger partial charge in [-0.15, -0.1) is 0 Å².